The molecule has 0 aromatic carbocycles. The summed E-state index contributed by atoms with van der Waals surface area (Å²) in [5.41, 5.74) is 0. The van der Waals surface area contributed by atoms with Gasteiger partial charge in [-0.1, -0.05) is 0 Å². The molecule has 6 heavy (non-hydrogen) atoms. The van der Waals surface area contributed by atoms with Crippen LogP contribution >= 0.6 is 23.5 Å². The number of hydrogen-bond donors (Lipinski definition) is 0. The quantitative estimate of drug-likeness (QED) is 0.450. The molecule has 0 aromatic rings. The maximum atomic E-state index is 2.12. The van der Waals surface area contributed by atoms with Crippen molar-refractivity contribution >= 4 is 53.1 Å². The molecule has 30 valence electrons. The van der Waals surface area contributed by atoms with Gasteiger partial charge in [-0.3, -0.25) is 0 Å². The summed E-state index contributed by atoms with van der Waals surface area (Å²) in [7, 11) is 0. The first-order chi connectivity index (χ1) is 2.50. The van der Waals surface area contributed by atoms with Gasteiger partial charge < -0.3 is 0 Å². The molecule has 0 radical (unpaired) electrons. The van der Waals surface area contributed by atoms with Crippen molar-refractivity contribution in [2.24, 2.45) is 0 Å². The van der Waals surface area contributed by atoms with Crippen molar-refractivity contribution in [3.05, 3.63) is 10.8 Å². The molecule has 1 aliphatic heterocycles. The second kappa shape index (κ2) is 4.60. The monoisotopic (exact) mass is 128 g/mol. The van der Waals surface area contributed by atoms with Crippen molar-refractivity contribution in [1.82, 2.24) is 0 Å². The molecule has 0 aliphatic carbocycles. The fraction of sp³-hybridized carbons (Fsp3) is 0.333. The summed E-state index contributed by atoms with van der Waals surface area (Å²) in [6.07, 6.45) is 0. The first kappa shape index (κ1) is 7.44. The molecular weight excluding hydrogens is 123 g/mol. The van der Waals surface area contributed by atoms with E-state index in [2.05, 4.69) is 10.8 Å². The third-order valence-corrected chi connectivity index (χ3v) is 2.30. The first-order valence-electron chi connectivity index (χ1n) is 1.38. The van der Waals surface area contributed by atoms with Gasteiger partial charge in [0.25, 0.3) is 0 Å². The first-order valence-corrected chi connectivity index (χ1v) is 3.48. The van der Waals surface area contributed by atoms with E-state index in [1.165, 1.54) is 5.08 Å². The van der Waals surface area contributed by atoms with Crippen LogP contribution in [-0.4, -0.2) is 34.6 Å². The summed E-state index contributed by atoms with van der Waals surface area (Å²) in [6, 6.07) is 0. The average molecular weight is 128 g/mol. The molecule has 0 fully saturated rings. The molecule has 0 unspecified atom stereocenters. The Labute approximate surface area is 68.4 Å². The fourth-order valence-electron chi connectivity index (χ4n) is 0.196. The van der Waals surface area contributed by atoms with Gasteiger partial charge in [0.15, 0.2) is 0 Å². The van der Waals surface area contributed by atoms with Crippen LogP contribution in [0, 0.1) is 0 Å². The van der Waals surface area contributed by atoms with Crippen molar-refractivity contribution in [2.75, 3.05) is 5.08 Å². The summed E-state index contributed by atoms with van der Waals surface area (Å²) in [5.74, 6) is 0. The minimum absolute atomic E-state index is 0. The van der Waals surface area contributed by atoms with Crippen LogP contribution < -0.4 is 0 Å². The van der Waals surface area contributed by atoms with Crippen LogP contribution in [0.15, 0.2) is 10.8 Å². The average Bonchev–Trinajstić information content (AvgIpc) is 1.76. The van der Waals surface area contributed by atoms with E-state index in [0.717, 1.165) is 0 Å². The Hall–Kier alpha value is 1.44. The Morgan fingerprint density at radius 3 is 1.83 bits per heavy atom. The van der Waals surface area contributed by atoms with Crippen molar-refractivity contribution in [3.8, 4) is 0 Å². The molecule has 0 N–H and O–H groups in total. The third kappa shape index (κ3) is 2.59. The van der Waals surface area contributed by atoms with Crippen molar-refractivity contribution in [2.45, 2.75) is 0 Å². The van der Waals surface area contributed by atoms with Crippen LogP contribution in [0.25, 0.3) is 0 Å². The molecule has 0 atom stereocenters. The second-order valence-corrected chi connectivity index (χ2v) is 2.88. The Balaban J connectivity index is 0.000000250. The molecule has 3 heteroatoms. The van der Waals surface area contributed by atoms with Crippen LogP contribution in [0.5, 0.6) is 0 Å². The Bertz CT molecular complexity index is 46.8. The molecule has 0 spiro atoms. The molecular formula is C3H5NaS2. The van der Waals surface area contributed by atoms with E-state index in [1.807, 2.05) is 23.5 Å². The maximum absolute atomic E-state index is 2.12. The van der Waals surface area contributed by atoms with Gasteiger partial charge in [-0.15, -0.1) is 23.5 Å². The van der Waals surface area contributed by atoms with Gasteiger partial charge in [0.1, 0.15) is 0 Å². The van der Waals surface area contributed by atoms with Crippen LogP contribution in [-0.2, 0) is 0 Å². The van der Waals surface area contributed by atoms with E-state index >= 15 is 0 Å². The van der Waals surface area contributed by atoms with Crippen LogP contribution in [0.2, 0.25) is 0 Å². The van der Waals surface area contributed by atoms with E-state index in [9.17, 15) is 0 Å². The predicted molar refractivity (Wildman–Crippen MR) is 36.3 cm³/mol. The molecule has 0 aromatic heterocycles. The van der Waals surface area contributed by atoms with Gasteiger partial charge in [0.2, 0.25) is 0 Å². The third-order valence-electron chi connectivity index (χ3n) is 0.384. The predicted octanol–water partition coefficient (Wildman–Crippen LogP) is 1.25. The molecule has 0 saturated carbocycles. The van der Waals surface area contributed by atoms with Gasteiger partial charge in [-0.2, -0.15) is 0 Å². The summed E-state index contributed by atoms with van der Waals surface area (Å²) < 4.78 is 0. The van der Waals surface area contributed by atoms with Crippen molar-refractivity contribution < 1.29 is 0 Å². The SMILES string of the molecule is C1=CSCS1.[NaH]. The number of hydrogen-bond acceptors (Lipinski definition) is 2. The van der Waals surface area contributed by atoms with E-state index in [1.54, 1.807) is 0 Å². The molecule has 1 rings (SSSR count). The summed E-state index contributed by atoms with van der Waals surface area (Å²) >= 11 is 3.71. The summed E-state index contributed by atoms with van der Waals surface area (Å²) in [6.45, 7) is 0. The Morgan fingerprint density at radius 1 is 1.17 bits per heavy atom. The van der Waals surface area contributed by atoms with Gasteiger partial charge in [-0.25, -0.2) is 0 Å². The summed E-state index contributed by atoms with van der Waals surface area (Å²) in [4.78, 5) is 0. The van der Waals surface area contributed by atoms with Crippen molar-refractivity contribution in [3.63, 3.8) is 0 Å². The molecule has 0 bridgehead atoms. The molecule has 0 nitrogen and oxygen atoms in total. The Kier molecular flexibility index (Phi) is 5.70. The Morgan fingerprint density at radius 2 is 1.67 bits per heavy atom. The molecule has 1 heterocycles. The zero-order chi connectivity index (χ0) is 3.54. The van der Waals surface area contributed by atoms with E-state index < -0.39 is 0 Å². The van der Waals surface area contributed by atoms with E-state index in [4.69, 9.17) is 0 Å². The van der Waals surface area contributed by atoms with Crippen LogP contribution in [0.4, 0.5) is 0 Å². The summed E-state index contributed by atoms with van der Waals surface area (Å²) in [5, 5.41) is 5.45. The zero-order valence-electron chi connectivity index (χ0n) is 2.68. The van der Waals surface area contributed by atoms with Gasteiger partial charge in [-0.05, 0) is 10.8 Å². The van der Waals surface area contributed by atoms with E-state index in [0.29, 0.717) is 0 Å². The van der Waals surface area contributed by atoms with Crippen molar-refractivity contribution in [1.29, 1.82) is 0 Å². The number of rotatable bonds is 0. The second-order valence-electron chi connectivity index (χ2n) is 0.723. The fourth-order valence-corrected chi connectivity index (χ4v) is 1.77. The standard InChI is InChI=1S/C3H4S2.Na.H/c1-2-5-3-4-1;;/h1-2H,3H2;;. The van der Waals surface area contributed by atoms with Crippen LogP contribution in [0.3, 0.4) is 0 Å². The van der Waals surface area contributed by atoms with Gasteiger partial charge in [0.05, 0.1) is 0 Å². The minimum atomic E-state index is 0. The number of thioether (sulfide) groups is 2. The van der Waals surface area contributed by atoms with Gasteiger partial charge in [0, 0.05) is 5.08 Å². The molecule has 1 aliphatic rings. The zero-order valence-corrected chi connectivity index (χ0v) is 4.31. The van der Waals surface area contributed by atoms with Gasteiger partial charge >= 0.3 is 29.6 Å². The van der Waals surface area contributed by atoms with Crippen LogP contribution in [0.1, 0.15) is 0 Å². The normalized spacial score (nSPS) is 17.3. The molecule has 0 amide bonds. The van der Waals surface area contributed by atoms with E-state index in [-0.39, 0.29) is 29.6 Å². The topological polar surface area (TPSA) is 0 Å². The molecule has 0 saturated heterocycles.